The number of amides is 2. The first-order chi connectivity index (χ1) is 16.0. The molecule has 4 rings (SSSR count). The van der Waals surface area contributed by atoms with Crippen molar-refractivity contribution in [2.45, 2.75) is 69.3 Å². The number of thioether (sulfide) groups is 1. The zero-order valence-corrected chi connectivity index (χ0v) is 20.5. The van der Waals surface area contributed by atoms with E-state index in [-0.39, 0.29) is 17.4 Å². The molecule has 0 saturated carbocycles. The van der Waals surface area contributed by atoms with Crippen molar-refractivity contribution in [2.24, 2.45) is 0 Å². The van der Waals surface area contributed by atoms with Crippen LogP contribution in [-0.4, -0.2) is 26.6 Å². The number of benzene rings is 1. The zero-order valence-electron chi connectivity index (χ0n) is 18.8. The lowest BCUT2D eigenvalue weighted by Gasteiger charge is -2.16. The van der Waals surface area contributed by atoms with E-state index >= 15 is 0 Å². The minimum atomic E-state index is -0.547. The summed E-state index contributed by atoms with van der Waals surface area (Å²) in [6, 6.07) is 8.68. The number of carbonyl (C=O) groups excluding carboxylic acids is 2. The minimum absolute atomic E-state index is 0.00277. The Morgan fingerprint density at radius 1 is 1.18 bits per heavy atom. The van der Waals surface area contributed by atoms with E-state index in [1.54, 1.807) is 47.1 Å². The smallest absolute Gasteiger partial charge is 0.269 e. The lowest BCUT2D eigenvalue weighted by molar-refractivity contribution is -0.121. The summed E-state index contributed by atoms with van der Waals surface area (Å²) >= 11 is 2.85. The number of nitrogens with zero attached hydrogens (tertiary/aromatic N) is 2. The van der Waals surface area contributed by atoms with Crippen molar-refractivity contribution in [2.75, 3.05) is 0 Å². The molecule has 7 nitrogen and oxygen atoms in total. The average molecular weight is 485 g/mol. The van der Waals surface area contributed by atoms with Crippen molar-refractivity contribution in [3.63, 3.8) is 0 Å². The largest absolute Gasteiger partial charge is 0.287 e. The first-order valence-electron chi connectivity index (χ1n) is 11.4. The molecular formula is C24H28N4O3S2. The van der Waals surface area contributed by atoms with Gasteiger partial charge in [0.2, 0.25) is 0 Å². The summed E-state index contributed by atoms with van der Waals surface area (Å²) in [5, 5.41) is 0.774. The lowest BCUT2D eigenvalue weighted by atomic mass is 10.2. The molecule has 1 aromatic carbocycles. The van der Waals surface area contributed by atoms with Crippen molar-refractivity contribution < 1.29 is 9.59 Å². The number of hydrogen-bond donors (Lipinski definition) is 2. The molecule has 0 fully saturated rings. The third-order valence-electron chi connectivity index (χ3n) is 5.76. The predicted molar refractivity (Wildman–Crippen MR) is 133 cm³/mol. The molecule has 2 N–H and O–H groups in total. The van der Waals surface area contributed by atoms with Crippen LogP contribution in [0, 0.1) is 0 Å². The van der Waals surface area contributed by atoms with Crippen LogP contribution in [0.2, 0.25) is 0 Å². The number of fused-ring (bicyclic) bond motifs is 3. The zero-order chi connectivity index (χ0) is 23.4. The number of carbonyl (C=O) groups is 2. The van der Waals surface area contributed by atoms with Gasteiger partial charge >= 0.3 is 0 Å². The van der Waals surface area contributed by atoms with E-state index < -0.39 is 5.25 Å². The second kappa shape index (κ2) is 10.5. The molecule has 174 valence electrons. The Kier molecular flexibility index (Phi) is 7.49. The van der Waals surface area contributed by atoms with Crippen LogP contribution < -0.4 is 16.4 Å². The third kappa shape index (κ3) is 5.14. The van der Waals surface area contributed by atoms with Crippen molar-refractivity contribution in [1.82, 2.24) is 20.4 Å². The second-order valence-corrected chi connectivity index (χ2v) is 10.6. The van der Waals surface area contributed by atoms with Gasteiger partial charge in [-0.05, 0) is 50.3 Å². The summed E-state index contributed by atoms with van der Waals surface area (Å²) < 4.78 is 1.74. The maximum Gasteiger partial charge on any atom is 0.269 e. The standard InChI is InChI=1S/C24H28N4O3S2/c1-3-4-8-14-28-23(31)19-17-12-9-13-18(17)33-22(19)25-24(28)32-15(2)20(29)26-27-21(30)16-10-6-5-7-11-16/h5-7,10-11,15H,3-4,8-9,12-14H2,1-2H3,(H,26,29)(H,27,30)/t15-/m1/s1. The van der Waals surface area contributed by atoms with Crippen molar-refractivity contribution in [3.05, 3.63) is 56.7 Å². The van der Waals surface area contributed by atoms with E-state index in [0.29, 0.717) is 17.3 Å². The van der Waals surface area contributed by atoms with E-state index in [0.717, 1.165) is 48.7 Å². The summed E-state index contributed by atoms with van der Waals surface area (Å²) in [6.45, 7) is 4.46. The van der Waals surface area contributed by atoms with Crippen LogP contribution in [0.4, 0.5) is 0 Å². The number of hydrogen-bond acceptors (Lipinski definition) is 6. The van der Waals surface area contributed by atoms with Gasteiger partial charge in [0.25, 0.3) is 17.4 Å². The molecule has 2 aromatic heterocycles. The van der Waals surface area contributed by atoms with Crippen LogP contribution in [0.15, 0.2) is 40.3 Å². The Morgan fingerprint density at radius 3 is 2.73 bits per heavy atom. The Balaban J connectivity index is 1.52. The molecule has 0 bridgehead atoms. The van der Waals surface area contributed by atoms with E-state index in [1.807, 2.05) is 6.07 Å². The molecule has 2 amide bonds. The van der Waals surface area contributed by atoms with E-state index in [2.05, 4.69) is 17.8 Å². The van der Waals surface area contributed by atoms with E-state index in [4.69, 9.17) is 4.98 Å². The molecule has 2 heterocycles. The van der Waals surface area contributed by atoms with Crippen LogP contribution in [0.3, 0.4) is 0 Å². The summed E-state index contributed by atoms with van der Waals surface area (Å²) in [6.07, 6.45) is 6.01. The highest BCUT2D eigenvalue weighted by Gasteiger charge is 2.25. The maximum absolute atomic E-state index is 13.4. The highest BCUT2D eigenvalue weighted by atomic mass is 32.2. The van der Waals surface area contributed by atoms with Gasteiger partial charge in [0, 0.05) is 17.0 Å². The van der Waals surface area contributed by atoms with Crippen molar-refractivity contribution >= 4 is 45.1 Å². The number of nitrogens with one attached hydrogen (secondary N) is 2. The molecule has 1 aliphatic rings. The van der Waals surface area contributed by atoms with Crippen LogP contribution in [0.5, 0.6) is 0 Å². The Hall–Kier alpha value is -2.65. The molecule has 1 atom stereocenters. The Morgan fingerprint density at radius 2 is 1.97 bits per heavy atom. The van der Waals surface area contributed by atoms with Crippen LogP contribution in [0.1, 0.15) is 60.3 Å². The summed E-state index contributed by atoms with van der Waals surface area (Å²) in [4.78, 5) is 45.2. The van der Waals surface area contributed by atoms with Gasteiger partial charge in [-0.25, -0.2) is 4.98 Å². The number of hydrazine groups is 1. The fraction of sp³-hybridized carbons (Fsp3) is 0.417. The van der Waals surface area contributed by atoms with Gasteiger partial charge in [-0.3, -0.25) is 29.8 Å². The van der Waals surface area contributed by atoms with Crippen LogP contribution >= 0.6 is 23.1 Å². The minimum Gasteiger partial charge on any atom is -0.287 e. The van der Waals surface area contributed by atoms with Crippen LogP contribution in [0.25, 0.3) is 10.2 Å². The monoisotopic (exact) mass is 484 g/mol. The molecule has 0 saturated heterocycles. The van der Waals surface area contributed by atoms with Gasteiger partial charge in [0.05, 0.1) is 10.6 Å². The Labute approximate surface area is 201 Å². The first-order valence-corrected chi connectivity index (χ1v) is 13.1. The van der Waals surface area contributed by atoms with Gasteiger partial charge < -0.3 is 0 Å². The second-order valence-electron chi connectivity index (χ2n) is 8.17. The number of aryl methyl sites for hydroxylation is 2. The van der Waals surface area contributed by atoms with E-state index in [1.165, 1.54) is 22.2 Å². The first kappa shape index (κ1) is 23.5. The number of thiophene rings is 1. The Bertz CT molecular complexity index is 1220. The molecule has 3 aromatic rings. The van der Waals surface area contributed by atoms with E-state index in [9.17, 15) is 14.4 Å². The molecule has 0 aliphatic heterocycles. The average Bonchev–Trinajstić information content (AvgIpc) is 3.40. The molecule has 0 spiro atoms. The fourth-order valence-electron chi connectivity index (χ4n) is 3.96. The number of rotatable bonds is 8. The van der Waals surface area contributed by atoms with Gasteiger partial charge in [0.15, 0.2) is 5.16 Å². The quantitative estimate of drug-likeness (QED) is 0.218. The maximum atomic E-state index is 13.4. The normalized spacial score (nSPS) is 13.6. The third-order valence-corrected chi connectivity index (χ3v) is 8.04. The van der Waals surface area contributed by atoms with Gasteiger partial charge in [-0.15, -0.1) is 11.3 Å². The number of aromatic nitrogens is 2. The molecule has 0 radical (unpaired) electrons. The topological polar surface area (TPSA) is 93.1 Å². The number of unbranched alkanes of at least 4 members (excludes halogenated alkanes) is 2. The SMILES string of the molecule is CCCCCn1c(S[C@H](C)C(=O)NNC(=O)c2ccccc2)nc2sc3c(c2c1=O)CCC3. The fourth-order valence-corrected chi connectivity index (χ4v) is 6.20. The van der Waals surface area contributed by atoms with Gasteiger partial charge in [-0.2, -0.15) is 0 Å². The summed E-state index contributed by atoms with van der Waals surface area (Å²) in [7, 11) is 0. The van der Waals surface area contributed by atoms with Crippen LogP contribution in [-0.2, 0) is 24.2 Å². The molecule has 1 aliphatic carbocycles. The summed E-state index contributed by atoms with van der Waals surface area (Å²) in [5.41, 5.74) is 6.57. The molecule has 0 unspecified atom stereocenters. The van der Waals surface area contributed by atoms with Crippen molar-refractivity contribution in [3.8, 4) is 0 Å². The highest BCUT2D eigenvalue weighted by molar-refractivity contribution is 8.00. The summed E-state index contributed by atoms with van der Waals surface area (Å²) in [5.74, 6) is -0.738. The predicted octanol–water partition coefficient (Wildman–Crippen LogP) is 4.08. The highest BCUT2D eigenvalue weighted by Crippen LogP contribution is 2.36. The lowest BCUT2D eigenvalue weighted by Crippen LogP contribution is -2.45. The van der Waals surface area contributed by atoms with Gasteiger partial charge in [-0.1, -0.05) is 49.7 Å². The van der Waals surface area contributed by atoms with Gasteiger partial charge in [0.1, 0.15) is 4.83 Å². The molecule has 9 heteroatoms. The molecule has 33 heavy (non-hydrogen) atoms. The van der Waals surface area contributed by atoms with Crippen molar-refractivity contribution in [1.29, 1.82) is 0 Å². The molecular weight excluding hydrogens is 456 g/mol.